The first-order valence-electron chi connectivity index (χ1n) is 8.69. The summed E-state index contributed by atoms with van der Waals surface area (Å²) in [6, 6.07) is 13.3. The Morgan fingerprint density at radius 1 is 1.15 bits per heavy atom. The molecule has 1 atom stereocenters. The van der Waals surface area contributed by atoms with Crippen molar-refractivity contribution in [2.75, 3.05) is 18.5 Å². The monoisotopic (exact) mass is 352 g/mol. The summed E-state index contributed by atoms with van der Waals surface area (Å²) in [4.78, 5) is 8.74. The molecule has 1 fully saturated rings. The summed E-state index contributed by atoms with van der Waals surface area (Å²) < 4.78 is 16.5. The molecule has 3 heterocycles. The molecular formula is C19H20N4O3. The van der Waals surface area contributed by atoms with E-state index in [1.165, 1.54) is 0 Å². The van der Waals surface area contributed by atoms with Crippen molar-refractivity contribution in [2.45, 2.75) is 25.6 Å². The van der Waals surface area contributed by atoms with Crippen LogP contribution in [0, 0.1) is 0 Å². The van der Waals surface area contributed by atoms with Crippen molar-refractivity contribution in [1.82, 2.24) is 15.1 Å². The van der Waals surface area contributed by atoms with E-state index in [1.54, 1.807) is 6.20 Å². The van der Waals surface area contributed by atoms with Crippen molar-refractivity contribution in [3.63, 3.8) is 0 Å². The Labute approximate surface area is 151 Å². The molecule has 1 N–H and O–H groups in total. The van der Waals surface area contributed by atoms with Crippen LogP contribution < -0.4 is 10.1 Å². The average Bonchev–Trinajstić information content (AvgIpc) is 3.38. The molecule has 0 radical (unpaired) electrons. The maximum atomic E-state index is 5.62. The van der Waals surface area contributed by atoms with Crippen molar-refractivity contribution in [1.29, 1.82) is 0 Å². The van der Waals surface area contributed by atoms with E-state index in [0.717, 1.165) is 43.1 Å². The number of nitrogens with one attached hydrogen (secondary N) is 1. The third kappa shape index (κ3) is 4.18. The number of rotatable bonds is 7. The van der Waals surface area contributed by atoms with Crippen LogP contribution in [0.25, 0.3) is 11.5 Å². The van der Waals surface area contributed by atoms with Gasteiger partial charge in [-0.2, -0.15) is 4.98 Å². The third-order valence-electron chi connectivity index (χ3n) is 4.12. The lowest BCUT2D eigenvalue weighted by Crippen LogP contribution is -2.18. The van der Waals surface area contributed by atoms with Gasteiger partial charge in [0.25, 0.3) is 5.89 Å². The van der Waals surface area contributed by atoms with Gasteiger partial charge in [0.15, 0.2) is 6.61 Å². The van der Waals surface area contributed by atoms with Crippen LogP contribution in [-0.4, -0.2) is 34.4 Å². The van der Waals surface area contributed by atoms with Crippen molar-refractivity contribution >= 4 is 5.82 Å². The highest BCUT2D eigenvalue weighted by atomic mass is 16.5. The molecule has 1 unspecified atom stereocenters. The second-order valence-corrected chi connectivity index (χ2v) is 6.07. The van der Waals surface area contributed by atoms with E-state index in [9.17, 15) is 0 Å². The van der Waals surface area contributed by atoms with E-state index < -0.39 is 0 Å². The first-order chi connectivity index (χ1) is 12.9. The number of benzene rings is 1. The van der Waals surface area contributed by atoms with Gasteiger partial charge in [0.05, 0.1) is 11.7 Å². The van der Waals surface area contributed by atoms with Gasteiger partial charge >= 0.3 is 0 Å². The van der Waals surface area contributed by atoms with Crippen molar-refractivity contribution in [3.05, 3.63) is 54.5 Å². The third-order valence-corrected chi connectivity index (χ3v) is 4.12. The summed E-state index contributed by atoms with van der Waals surface area (Å²) in [6.45, 7) is 1.88. The van der Waals surface area contributed by atoms with Crippen LogP contribution in [0.3, 0.4) is 0 Å². The van der Waals surface area contributed by atoms with Gasteiger partial charge in [0.2, 0.25) is 5.82 Å². The van der Waals surface area contributed by atoms with E-state index >= 15 is 0 Å². The number of ether oxygens (including phenoxy) is 2. The quantitative estimate of drug-likeness (QED) is 0.698. The fourth-order valence-electron chi connectivity index (χ4n) is 2.74. The summed E-state index contributed by atoms with van der Waals surface area (Å²) in [5.74, 6) is 2.48. The molecule has 0 spiro atoms. The van der Waals surface area contributed by atoms with Gasteiger partial charge in [-0.1, -0.05) is 23.4 Å². The van der Waals surface area contributed by atoms with Crippen LogP contribution in [0.15, 0.2) is 53.2 Å². The molecule has 0 amide bonds. The van der Waals surface area contributed by atoms with E-state index in [2.05, 4.69) is 20.4 Å². The van der Waals surface area contributed by atoms with Crippen LogP contribution in [0.1, 0.15) is 18.7 Å². The molecule has 0 aliphatic carbocycles. The molecule has 0 saturated carbocycles. The first kappa shape index (κ1) is 16.5. The topological polar surface area (TPSA) is 82.3 Å². The molecule has 3 aromatic rings. The SMILES string of the molecule is c1ccc(OCc2noc(-c3ccc(NCC4CCCO4)nc3)n2)cc1. The number of aromatic nitrogens is 3. The molecule has 4 rings (SSSR count). The molecule has 2 aromatic heterocycles. The zero-order chi connectivity index (χ0) is 17.6. The molecule has 7 nitrogen and oxygen atoms in total. The van der Waals surface area contributed by atoms with E-state index in [0.29, 0.717) is 11.7 Å². The molecule has 1 aliphatic rings. The molecule has 1 aromatic carbocycles. The van der Waals surface area contributed by atoms with E-state index in [4.69, 9.17) is 14.0 Å². The van der Waals surface area contributed by atoms with Gasteiger partial charge in [-0.15, -0.1) is 0 Å². The molecule has 134 valence electrons. The Kier molecular flexibility index (Phi) is 5.07. The van der Waals surface area contributed by atoms with Crippen LogP contribution in [-0.2, 0) is 11.3 Å². The van der Waals surface area contributed by atoms with Crippen LogP contribution in [0.4, 0.5) is 5.82 Å². The standard InChI is InChI=1S/C19H20N4O3/c1-2-5-15(6-3-1)25-13-18-22-19(26-23-18)14-8-9-17(20-11-14)21-12-16-7-4-10-24-16/h1-3,5-6,8-9,11,16H,4,7,10,12-13H2,(H,20,21). The smallest absolute Gasteiger partial charge is 0.259 e. The Morgan fingerprint density at radius 2 is 2.08 bits per heavy atom. The minimum atomic E-state index is 0.252. The molecular weight excluding hydrogens is 332 g/mol. The van der Waals surface area contributed by atoms with Crippen LogP contribution >= 0.6 is 0 Å². The molecule has 7 heteroatoms. The van der Waals surface area contributed by atoms with E-state index in [1.807, 2.05) is 42.5 Å². The highest BCUT2D eigenvalue weighted by Gasteiger charge is 2.15. The summed E-state index contributed by atoms with van der Waals surface area (Å²) in [7, 11) is 0. The summed E-state index contributed by atoms with van der Waals surface area (Å²) in [5.41, 5.74) is 0.770. The minimum absolute atomic E-state index is 0.252. The number of anilines is 1. The second kappa shape index (κ2) is 7.97. The second-order valence-electron chi connectivity index (χ2n) is 6.07. The Morgan fingerprint density at radius 3 is 2.85 bits per heavy atom. The fourth-order valence-corrected chi connectivity index (χ4v) is 2.74. The number of para-hydroxylation sites is 1. The van der Waals surface area contributed by atoms with Gasteiger partial charge in [-0.3, -0.25) is 0 Å². The fraction of sp³-hybridized carbons (Fsp3) is 0.316. The predicted octanol–water partition coefficient (Wildman–Crippen LogP) is 3.30. The number of hydrogen-bond acceptors (Lipinski definition) is 7. The predicted molar refractivity (Wildman–Crippen MR) is 95.8 cm³/mol. The number of nitrogens with zero attached hydrogens (tertiary/aromatic N) is 3. The van der Waals surface area contributed by atoms with Gasteiger partial charge in [0.1, 0.15) is 11.6 Å². The summed E-state index contributed by atoms with van der Waals surface area (Å²) >= 11 is 0. The summed E-state index contributed by atoms with van der Waals surface area (Å²) in [6.07, 6.45) is 4.22. The molecule has 26 heavy (non-hydrogen) atoms. The van der Waals surface area contributed by atoms with Crippen LogP contribution in [0.2, 0.25) is 0 Å². The number of pyridine rings is 1. The first-order valence-corrected chi connectivity index (χ1v) is 8.69. The van der Waals surface area contributed by atoms with Gasteiger partial charge < -0.3 is 19.3 Å². The Hall–Kier alpha value is -2.93. The maximum absolute atomic E-state index is 5.62. The number of hydrogen-bond donors (Lipinski definition) is 1. The Balaban J connectivity index is 1.33. The lowest BCUT2D eigenvalue weighted by Gasteiger charge is -2.11. The van der Waals surface area contributed by atoms with Gasteiger partial charge in [-0.25, -0.2) is 4.98 Å². The Bertz CT molecular complexity index is 814. The van der Waals surface area contributed by atoms with Gasteiger partial charge in [0, 0.05) is 19.3 Å². The minimum Gasteiger partial charge on any atom is -0.485 e. The van der Waals surface area contributed by atoms with Crippen LogP contribution in [0.5, 0.6) is 5.75 Å². The average molecular weight is 352 g/mol. The van der Waals surface area contributed by atoms with Crippen molar-refractivity contribution < 1.29 is 14.0 Å². The maximum Gasteiger partial charge on any atom is 0.259 e. The largest absolute Gasteiger partial charge is 0.485 e. The van der Waals surface area contributed by atoms with Crippen molar-refractivity contribution in [2.24, 2.45) is 0 Å². The lowest BCUT2D eigenvalue weighted by atomic mass is 10.2. The lowest BCUT2D eigenvalue weighted by molar-refractivity contribution is 0.120. The van der Waals surface area contributed by atoms with Crippen molar-refractivity contribution in [3.8, 4) is 17.2 Å². The highest BCUT2D eigenvalue weighted by molar-refractivity contribution is 5.54. The zero-order valence-corrected chi connectivity index (χ0v) is 14.3. The van der Waals surface area contributed by atoms with E-state index in [-0.39, 0.29) is 12.7 Å². The molecule has 1 aliphatic heterocycles. The molecule has 0 bridgehead atoms. The van der Waals surface area contributed by atoms with Gasteiger partial charge in [-0.05, 0) is 37.1 Å². The zero-order valence-electron chi connectivity index (χ0n) is 14.3. The normalized spacial score (nSPS) is 16.5. The highest BCUT2D eigenvalue weighted by Crippen LogP contribution is 2.19. The molecule has 1 saturated heterocycles. The summed E-state index contributed by atoms with van der Waals surface area (Å²) in [5, 5.41) is 7.23.